The van der Waals surface area contributed by atoms with Gasteiger partial charge in [-0.05, 0) is 43.3 Å². The van der Waals surface area contributed by atoms with Gasteiger partial charge in [0.25, 0.3) is 0 Å². The fraction of sp³-hybridized carbons (Fsp3) is 0.136. The third-order valence-electron chi connectivity index (χ3n) is 4.73. The summed E-state index contributed by atoms with van der Waals surface area (Å²) in [6.07, 6.45) is 1.72. The number of carboxylic acid groups (broad SMARTS) is 1. The molecule has 0 saturated carbocycles. The SMILES string of the molecule is Cc1nc(S/C(=C\c2c(C)n(Cc3ccccc3)c3ccccc23)C(=O)O)n[nH]1. The molecule has 0 aliphatic carbocycles. The summed E-state index contributed by atoms with van der Waals surface area (Å²) in [5.74, 6) is -0.357. The first-order chi connectivity index (χ1) is 14.0. The number of aryl methyl sites for hydroxylation is 1. The second kappa shape index (κ2) is 7.97. The molecule has 0 fully saturated rings. The van der Waals surface area contributed by atoms with Gasteiger partial charge in [-0.15, -0.1) is 5.10 Å². The van der Waals surface area contributed by atoms with Crippen molar-refractivity contribution in [3.8, 4) is 0 Å². The largest absolute Gasteiger partial charge is 0.477 e. The topological polar surface area (TPSA) is 83.8 Å². The fourth-order valence-corrected chi connectivity index (χ4v) is 4.08. The average Bonchev–Trinajstić information content (AvgIpc) is 3.24. The third kappa shape index (κ3) is 3.95. The van der Waals surface area contributed by atoms with Crippen LogP contribution in [0.2, 0.25) is 0 Å². The smallest absolute Gasteiger partial charge is 0.342 e. The Morgan fingerprint density at radius 1 is 1.14 bits per heavy atom. The van der Waals surface area contributed by atoms with Crippen LogP contribution in [-0.4, -0.2) is 30.8 Å². The molecule has 0 saturated heterocycles. The second-order valence-corrected chi connectivity index (χ2v) is 7.72. The second-order valence-electron chi connectivity index (χ2n) is 6.71. The van der Waals surface area contributed by atoms with E-state index in [4.69, 9.17) is 0 Å². The van der Waals surface area contributed by atoms with Crippen LogP contribution < -0.4 is 0 Å². The van der Waals surface area contributed by atoms with Crippen LogP contribution in [0.1, 0.15) is 22.6 Å². The molecule has 0 atom stereocenters. The highest BCUT2D eigenvalue weighted by Crippen LogP contribution is 2.32. The van der Waals surface area contributed by atoms with E-state index in [1.165, 1.54) is 5.56 Å². The van der Waals surface area contributed by atoms with Crippen LogP contribution in [0.3, 0.4) is 0 Å². The van der Waals surface area contributed by atoms with Crippen LogP contribution in [0.5, 0.6) is 0 Å². The summed E-state index contributed by atoms with van der Waals surface area (Å²) in [4.78, 5) is 16.3. The van der Waals surface area contributed by atoms with Crippen molar-refractivity contribution in [2.24, 2.45) is 0 Å². The van der Waals surface area contributed by atoms with E-state index in [9.17, 15) is 9.90 Å². The number of benzene rings is 2. The highest BCUT2D eigenvalue weighted by molar-refractivity contribution is 8.04. The average molecular weight is 404 g/mol. The Bertz CT molecular complexity index is 1210. The van der Waals surface area contributed by atoms with E-state index in [1.54, 1.807) is 13.0 Å². The number of aromatic amines is 1. The summed E-state index contributed by atoms with van der Waals surface area (Å²) in [5.41, 5.74) is 4.17. The Kier molecular flexibility index (Phi) is 5.22. The number of thioether (sulfide) groups is 1. The minimum absolute atomic E-state index is 0.176. The molecule has 0 bridgehead atoms. The van der Waals surface area contributed by atoms with E-state index < -0.39 is 5.97 Å². The molecule has 2 aromatic heterocycles. The molecular weight excluding hydrogens is 384 g/mol. The van der Waals surface area contributed by atoms with Crippen LogP contribution in [0.25, 0.3) is 17.0 Å². The van der Waals surface area contributed by atoms with Crippen molar-refractivity contribution in [1.29, 1.82) is 0 Å². The Morgan fingerprint density at radius 2 is 1.86 bits per heavy atom. The number of aliphatic carboxylic acids is 1. The zero-order chi connectivity index (χ0) is 20.4. The standard InChI is InChI=1S/C22H20N4O2S/c1-14-18(12-20(21(27)28)29-22-23-15(2)24-25-22)17-10-6-7-11-19(17)26(14)13-16-8-4-3-5-9-16/h3-12H,13H2,1-2H3,(H,27,28)(H,23,24,25)/b20-12-. The molecule has 29 heavy (non-hydrogen) atoms. The molecule has 4 rings (SSSR count). The highest BCUT2D eigenvalue weighted by Gasteiger charge is 2.18. The van der Waals surface area contributed by atoms with Gasteiger partial charge in [0.2, 0.25) is 5.16 Å². The summed E-state index contributed by atoms with van der Waals surface area (Å²) in [6, 6.07) is 18.3. The first-order valence-electron chi connectivity index (χ1n) is 9.16. The minimum Gasteiger partial charge on any atom is -0.477 e. The quantitative estimate of drug-likeness (QED) is 0.361. The number of carbonyl (C=O) groups is 1. The molecule has 4 aromatic rings. The first-order valence-corrected chi connectivity index (χ1v) is 9.98. The molecular formula is C22H20N4O2S. The van der Waals surface area contributed by atoms with E-state index in [0.717, 1.165) is 40.5 Å². The van der Waals surface area contributed by atoms with Gasteiger partial charge >= 0.3 is 5.97 Å². The number of fused-ring (bicyclic) bond motifs is 1. The molecule has 2 aromatic carbocycles. The summed E-state index contributed by atoms with van der Waals surface area (Å²) >= 11 is 1.04. The number of nitrogens with zero attached hydrogens (tertiary/aromatic N) is 3. The third-order valence-corrected chi connectivity index (χ3v) is 5.60. The van der Waals surface area contributed by atoms with Crippen LogP contribution >= 0.6 is 11.8 Å². The van der Waals surface area contributed by atoms with Gasteiger partial charge in [-0.3, -0.25) is 5.10 Å². The number of para-hydroxylation sites is 1. The van der Waals surface area contributed by atoms with Crippen molar-refractivity contribution in [3.63, 3.8) is 0 Å². The van der Waals surface area contributed by atoms with Gasteiger partial charge in [0.1, 0.15) is 10.7 Å². The van der Waals surface area contributed by atoms with Gasteiger partial charge in [0.15, 0.2) is 0 Å². The lowest BCUT2D eigenvalue weighted by Gasteiger charge is -2.08. The molecule has 0 radical (unpaired) electrons. The molecule has 146 valence electrons. The van der Waals surface area contributed by atoms with Crippen LogP contribution in [0.15, 0.2) is 64.7 Å². The van der Waals surface area contributed by atoms with Crippen molar-refractivity contribution in [1.82, 2.24) is 19.7 Å². The van der Waals surface area contributed by atoms with Crippen molar-refractivity contribution in [2.45, 2.75) is 25.5 Å². The van der Waals surface area contributed by atoms with E-state index >= 15 is 0 Å². The van der Waals surface area contributed by atoms with Crippen molar-refractivity contribution < 1.29 is 9.90 Å². The van der Waals surface area contributed by atoms with E-state index in [1.807, 2.05) is 43.3 Å². The maximum absolute atomic E-state index is 11.9. The lowest BCUT2D eigenvalue weighted by Crippen LogP contribution is -2.02. The molecule has 0 spiro atoms. The molecule has 6 nitrogen and oxygen atoms in total. The normalized spacial score (nSPS) is 11.9. The van der Waals surface area contributed by atoms with E-state index in [-0.39, 0.29) is 4.91 Å². The number of hydrogen-bond acceptors (Lipinski definition) is 4. The van der Waals surface area contributed by atoms with Crippen LogP contribution in [0.4, 0.5) is 0 Å². The maximum Gasteiger partial charge on any atom is 0.342 e. The number of H-pyrrole nitrogens is 1. The molecule has 0 unspecified atom stereocenters. The van der Waals surface area contributed by atoms with Crippen molar-refractivity contribution in [3.05, 3.63) is 82.1 Å². The highest BCUT2D eigenvalue weighted by atomic mass is 32.2. The number of hydrogen-bond donors (Lipinski definition) is 2. The molecule has 2 heterocycles. The fourth-order valence-electron chi connectivity index (χ4n) is 3.34. The zero-order valence-electron chi connectivity index (χ0n) is 16.1. The Hall–Kier alpha value is -3.32. The molecule has 0 aliphatic heterocycles. The predicted octanol–water partition coefficient (Wildman–Crippen LogP) is 4.64. The summed E-state index contributed by atoms with van der Waals surface area (Å²) in [5, 5.41) is 17.9. The van der Waals surface area contributed by atoms with Crippen LogP contribution in [-0.2, 0) is 11.3 Å². The van der Waals surface area contributed by atoms with Gasteiger partial charge in [-0.25, -0.2) is 9.78 Å². The monoisotopic (exact) mass is 404 g/mol. The lowest BCUT2D eigenvalue weighted by molar-refractivity contribution is -0.131. The summed E-state index contributed by atoms with van der Waals surface area (Å²) in [6.45, 7) is 4.52. The van der Waals surface area contributed by atoms with Gasteiger partial charge in [0.05, 0.1) is 0 Å². The molecule has 7 heteroatoms. The van der Waals surface area contributed by atoms with Gasteiger partial charge in [-0.2, -0.15) is 0 Å². The maximum atomic E-state index is 11.9. The van der Waals surface area contributed by atoms with E-state index in [0.29, 0.717) is 11.0 Å². The Labute approximate surface area is 172 Å². The summed E-state index contributed by atoms with van der Waals surface area (Å²) < 4.78 is 2.22. The number of aromatic nitrogens is 4. The molecule has 2 N–H and O–H groups in total. The van der Waals surface area contributed by atoms with E-state index in [2.05, 4.69) is 37.9 Å². The van der Waals surface area contributed by atoms with Crippen LogP contribution in [0, 0.1) is 13.8 Å². The predicted molar refractivity (Wildman–Crippen MR) is 115 cm³/mol. The lowest BCUT2D eigenvalue weighted by atomic mass is 10.1. The Balaban J connectivity index is 1.81. The Morgan fingerprint density at radius 3 is 2.55 bits per heavy atom. The van der Waals surface area contributed by atoms with Gasteiger partial charge in [0, 0.05) is 28.7 Å². The molecule has 0 amide bonds. The molecule has 0 aliphatic rings. The van der Waals surface area contributed by atoms with Crippen molar-refractivity contribution in [2.75, 3.05) is 0 Å². The number of rotatable bonds is 6. The minimum atomic E-state index is -1.00. The van der Waals surface area contributed by atoms with Crippen molar-refractivity contribution >= 4 is 34.7 Å². The zero-order valence-corrected chi connectivity index (χ0v) is 16.9. The summed E-state index contributed by atoms with van der Waals surface area (Å²) in [7, 11) is 0. The van der Waals surface area contributed by atoms with Gasteiger partial charge in [-0.1, -0.05) is 48.5 Å². The van der Waals surface area contributed by atoms with Gasteiger partial charge < -0.3 is 9.67 Å². The number of nitrogens with one attached hydrogen (secondary N) is 1. The first kappa shape index (κ1) is 19.0. The number of carboxylic acids is 1.